The SMILES string of the molecule is COc1cc(OC)c([C@H]2CC(=O)Nc3c2ncn3-c2ccccc2F)cc1OC. The monoisotopic (exact) mass is 397 g/mol. The van der Waals surface area contributed by atoms with Crippen LogP contribution in [0.25, 0.3) is 5.69 Å². The van der Waals surface area contributed by atoms with Gasteiger partial charge in [-0.3, -0.25) is 9.36 Å². The molecule has 1 aromatic heterocycles. The van der Waals surface area contributed by atoms with E-state index in [-0.39, 0.29) is 18.2 Å². The maximum atomic E-state index is 14.3. The second-order valence-corrected chi connectivity index (χ2v) is 6.55. The lowest BCUT2D eigenvalue weighted by atomic mass is 9.88. The zero-order chi connectivity index (χ0) is 20.5. The number of methoxy groups -OCH3 is 3. The molecule has 8 heteroatoms. The fourth-order valence-electron chi connectivity index (χ4n) is 3.62. The first-order valence-corrected chi connectivity index (χ1v) is 8.99. The summed E-state index contributed by atoms with van der Waals surface area (Å²) < 4.78 is 32.2. The number of halogens is 1. The predicted molar refractivity (Wildman–Crippen MR) is 105 cm³/mol. The Kier molecular flexibility index (Phi) is 4.84. The number of carbonyl (C=O) groups is 1. The number of imidazole rings is 1. The van der Waals surface area contributed by atoms with Gasteiger partial charge in [0.1, 0.15) is 23.7 Å². The molecule has 2 aromatic carbocycles. The summed E-state index contributed by atoms with van der Waals surface area (Å²) in [7, 11) is 4.63. The molecule has 0 bridgehead atoms. The molecule has 0 unspecified atom stereocenters. The average molecular weight is 397 g/mol. The molecule has 1 aliphatic heterocycles. The van der Waals surface area contributed by atoms with E-state index < -0.39 is 5.82 Å². The molecule has 1 atom stereocenters. The van der Waals surface area contributed by atoms with Crippen LogP contribution in [0.5, 0.6) is 17.2 Å². The van der Waals surface area contributed by atoms with Crippen molar-refractivity contribution in [3.63, 3.8) is 0 Å². The van der Waals surface area contributed by atoms with Crippen LogP contribution < -0.4 is 19.5 Å². The van der Waals surface area contributed by atoms with Gasteiger partial charge in [0.25, 0.3) is 0 Å². The molecule has 1 amide bonds. The van der Waals surface area contributed by atoms with Crippen molar-refractivity contribution < 1.29 is 23.4 Å². The summed E-state index contributed by atoms with van der Waals surface area (Å²) in [5.74, 6) is 1.03. The number of aromatic nitrogens is 2. The van der Waals surface area contributed by atoms with Crippen molar-refractivity contribution in [1.29, 1.82) is 0 Å². The Bertz CT molecular complexity index is 1080. The van der Waals surface area contributed by atoms with Crippen LogP contribution in [0.2, 0.25) is 0 Å². The van der Waals surface area contributed by atoms with Crippen molar-refractivity contribution in [2.45, 2.75) is 12.3 Å². The van der Waals surface area contributed by atoms with E-state index in [1.165, 1.54) is 12.4 Å². The Morgan fingerprint density at radius 3 is 2.45 bits per heavy atom. The van der Waals surface area contributed by atoms with Crippen molar-refractivity contribution >= 4 is 11.7 Å². The van der Waals surface area contributed by atoms with Gasteiger partial charge in [0.2, 0.25) is 5.91 Å². The van der Waals surface area contributed by atoms with Crippen LogP contribution in [0.1, 0.15) is 23.6 Å². The lowest BCUT2D eigenvalue weighted by Gasteiger charge is -2.25. The minimum atomic E-state index is -0.409. The van der Waals surface area contributed by atoms with Crippen LogP contribution in [0.15, 0.2) is 42.7 Å². The van der Waals surface area contributed by atoms with Crippen LogP contribution >= 0.6 is 0 Å². The molecule has 0 saturated carbocycles. The maximum Gasteiger partial charge on any atom is 0.226 e. The third kappa shape index (κ3) is 3.16. The number of hydrogen-bond acceptors (Lipinski definition) is 5. The average Bonchev–Trinajstić information content (AvgIpc) is 3.15. The van der Waals surface area contributed by atoms with Gasteiger partial charge in [-0.05, 0) is 18.2 Å². The number of anilines is 1. The molecule has 1 aliphatic rings. The van der Waals surface area contributed by atoms with E-state index in [1.807, 2.05) is 0 Å². The van der Waals surface area contributed by atoms with Crippen LogP contribution in [-0.2, 0) is 4.79 Å². The van der Waals surface area contributed by atoms with E-state index in [4.69, 9.17) is 14.2 Å². The molecule has 0 aliphatic carbocycles. The largest absolute Gasteiger partial charge is 0.496 e. The van der Waals surface area contributed by atoms with Gasteiger partial charge in [-0.25, -0.2) is 9.37 Å². The number of nitrogens with zero attached hydrogens (tertiary/aromatic N) is 2. The smallest absolute Gasteiger partial charge is 0.226 e. The van der Waals surface area contributed by atoms with Gasteiger partial charge in [-0.2, -0.15) is 0 Å². The molecule has 0 spiro atoms. The van der Waals surface area contributed by atoms with Gasteiger partial charge in [0.05, 0.1) is 32.7 Å². The zero-order valence-electron chi connectivity index (χ0n) is 16.2. The number of nitrogens with one attached hydrogen (secondary N) is 1. The van der Waals surface area contributed by atoms with Crippen LogP contribution in [-0.4, -0.2) is 36.8 Å². The summed E-state index contributed by atoms with van der Waals surface area (Å²) in [6, 6.07) is 9.83. The first kappa shape index (κ1) is 18.8. The number of para-hydroxylation sites is 1. The molecule has 0 radical (unpaired) electrons. The lowest BCUT2D eigenvalue weighted by molar-refractivity contribution is -0.116. The Hall–Kier alpha value is -3.55. The summed E-state index contributed by atoms with van der Waals surface area (Å²) in [6.07, 6.45) is 1.68. The molecular weight excluding hydrogens is 377 g/mol. The zero-order valence-corrected chi connectivity index (χ0v) is 16.2. The Labute approximate surface area is 167 Å². The Morgan fingerprint density at radius 1 is 1.07 bits per heavy atom. The molecule has 2 heterocycles. The molecule has 4 rings (SSSR count). The number of rotatable bonds is 5. The third-order valence-corrected chi connectivity index (χ3v) is 5.00. The molecule has 7 nitrogen and oxygen atoms in total. The van der Waals surface area contributed by atoms with Gasteiger partial charge >= 0.3 is 0 Å². The minimum Gasteiger partial charge on any atom is -0.496 e. The van der Waals surface area contributed by atoms with Crippen LogP contribution in [0.4, 0.5) is 10.2 Å². The van der Waals surface area contributed by atoms with E-state index in [0.717, 1.165) is 5.56 Å². The number of amides is 1. The van der Waals surface area contributed by atoms with E-state index in [9.17, 15) is 9.18 Å². The summed E-state index contributed by atoms with van der Waals surface area (Å²) in [5.41, 5.74) is 1.67. The summed E-state index contributed by atoms with van der Waals surface area (Å²) >= 11 is 0. The van der Waals surface area contributed by atoms with E-state index in [2.05, 4.69) is 10.3 Å². The van der Waals surface area contributed by atoms with Crippen LogP contribution in [0.3, 0.4) is 0 Å². The number of ether oxygens (including phenoxy) is 3. The maximum absolute atomic E-state index is 14.3. The third-order valence-electron chi connectivity index (χ3n) is 5.00. The molecule has 3 aromatic rings. The highest BCUT2D eigenvalue weighted by molar-refractivity contribution is 5.94. The van der Waals surface area contributed by atoms with Crippen LogP contribution in [0, 0.1) is 5.82 Å². The fourth-order valence-corrected chi connectivity index (χ4v) is 3.62. The summed E-state index contributed by atoms with van der Waals surface area (Å²) in [5, 5.41) is 2.82. The topological polar surface area (TPSA) is 74.6 Å². The second-order valence-electron chi connectivity index (χ2n) is 6.55. The van der Waals surface area contributed by atoms with Crippen molar-refractivity contribution in [2.75, 3.05) is 26.6 Å². The summed E-state index contributed by atoms with van der Waals surface area (Å²) in [6.45, 7) is 0. The van der Waals surface area contributed by atoms with E-state index in [1.54, 1.807) is 56.2 Å². The highest BCUT2D eigenvalue weighted by Gasteiger charge is 2.34. The van der Waals surface area contributed by atoms with Gasteiger partial charge in [-0.15, -0.1) is 0 Å². The predicted octanol–water partition coefficient (Wildman–Crippen LogP) is 3.51. The second kappa shape index (κ2) is 7.46. The Balaban J connectivity index is 1.87. The van der Waals surface area contributed by atoms with Crippen molar-refractivity contribution in [1.82, 2.24) is 9.55 Å². The molecule has 29 heavy (non-hydrogen) atoms. The number of fused-ring (bicyclic) bond motifs is 1. The van der Waals surface area contributed by atoms with Crippen molar-refractivity contribution in [3.8, 4) is 22.9 Å². The lowest BCUT2D eigenvalue weighted by Crippen LogP contribution is -2.25. The van der Waals surface area contributed by atoms with Crippen molar-refractivity contribution in [2.24, 2.45) is 0 Å². The highest BCUT2D eigenvalue weighted by Crippen LogP contribution is 2.44. The molecule has 1 N–H and O–H groups in total. The van der Waals surface area contributed by atoms with Gasteiger partial charge in [0, 0.05) is 24.0 Å². The van der Waals surface area contributed by atoms with Gasteiger partial charge < -0.3 is 19.5 Å². The molecule has 0 saturated heterocycles. The molecule has 150 valence electrons. The quantitative estimate of drug-likeness (QED) is 0.713. The normalized spacial score (nSPS) is 15.4. The van der Waals surface area contributed by atoms with Crippen molar-refractivity contribution in [3.05, 3.63) is 59.8 Å². The van der Waals surface area contributed by atoms with Gasteiger partial charge in [-0.1, -0.05) is 12.1 Å². The molecule has 0 fully saturated rings. The van der Waals surface area contributed by atoms with Gasteiger partial charge in [0.15, 0.2) is 11.5 Å². The fraction of sp³-hybridized carbons (Fsp3) is 0.238. The Morgan fingerprint density at radius 2 is 1.76 bits per heavy atom. The standard InChI is InChI=1S/C21H20FN3O4/c1-27-16-10-18(29-3)17(28-2)8-12(16)13-9-19(26)24-21-20(13)23-11-25(21)15-7-5-4-6-14(15)22/h4-8,10-11,13H,9H2,1-3H3,(H,24,26)/t13-/m1/s1. The number of hydrogen-bond donors (Lipinski definition) is 1. The molecular formula is C21H20FN3O4. The van der Waals surface area contributed by atoms with E-state index in [0.29, 0.717) is 34.4 Å². The number of benzene rings is 2. The number of carbonyl (C=O) groups excluding carboxylic acids is 1. The summed E-state index contributed by atoms with van der Waals surface area (Å²) in [4.78, 5) is 17.0. The van der Waals surface area contributed by atoms with E-state index >= 15 is 0 Å². The first-order valence-electron chi connectivity index (χ1n) is 8.99. The highest BCUT2D eigenvalue weighted by atomic mass is 19.1. The minimum absolute atomic E-state index is 0.174. The first-order chi connectivity index (χ1) is 14.1.